The average molecular weight is 1390 g/mol. The Balaban J connectivity index is 1.96. The van der Waals surface area contributed by atoms with Gasteiger partial charge in [-0.05, 0) is 109 Å². The Kier molecular flexibility index (Phi) is 33.0. The molecule has 2 heterocycles. The van der Waals surface area contributed by atoms with Crippen LogP contribution in [0.25, 0.3) is 0 Å². The molecule has 2 aliphatic rings. The fourth-order valence-corrected chi connectivity index (χ4v) is 12.2. The van der Waals surface area contributed by atoms with E-state index in [0.29, 0.717) is 49.9 Å². The van der Waals surface area contributed by atoms with Gasteiger partial charge in [0.2, 0.25) is 70.9 Å². The highest BCUT2D eigenvalue weighted by Crippen LogP contribution is 2.23. The highest BCUT2D eigenvalue weighted by Gasteiger charge is 2.43. The number of likely N-dealkylation sites (N-methyl/N-ethyl adjacent to an activating group) is 5. The number of likely N-dealkylation sites (tertiary alicyclic amines) is 1. The van der Waals surface area contributed by atoms with Crippen molar-refractivity contribution >= 4 is 70.9 Å². The third-order valence-electron chi connectivity index (χ3n) is 18.4. The van der Waals surface area contributed by atoms with Crippen molar-refractivity contribution in [1.29, 1.82) is 0 Å². The molecule has 4 rings (SSSR count). The van der Waals surface area contributed by atoms with Crippen LogP contribution < -0.4 is 26.6 Å². The van der Waals surface area contributed by atoms with Crippen LogP contribution in [0.1, 0.15) is 159 Å². The van der Waals surface area contributed by atoms with Crippen LogP contribution in [0.3, 0.4) is 0 Å². The van der Waals surface area contributed by atoms with E-state index in [-0.39, 0.29) is 44.1 Å². The Labute approximate surface area is 587 Å². The molecule has 2 saturated heterocycles. The van der Waals surface area contributed by atoms with Crippen molar-refractivity contribution in [2.24, 2.45) is 17.8 Å². The summed E-state index contributed by atoms with van der Waals surface area (Å²) < 4.78 is 6.20. The third-order valence-corrected chi connectivity index (χ3v) is 18.4. The first-order chi connectivity index (χ1) is 46.4. The van der Waals surface area contributed by atoms with E-state index in [4.69, 9.17) is 4.74 Å². The summed E-state index contributed by atoms with van der Waals surface area (Å²) in [5, 5.41) is 25.0. The standard InChI is InChI=1S/C73H116N12O14/c1-19-20-28-37-85-43-60(88)77-62(50(10)86)71(97)79(14)49(9)67(93)81(16)55(38-45(2)3)64(90)76-54(44-99-73(11,12)13)68(94)83(18)58(41-52-33-26-22-27-34-52)70(96)82(17)56(39-46(4)5)63(89)75-53(69(95)84-35-29-23-30-36-84)42-59(87)74-48(8)66(92)80(15)57(40-51-31-24-21-25-32-51)65(91)78-61(47(6)7)72(85)98/h21-22,24-27,31-34,45-50,53-58,61-62,86H,19-20,23,28-30,35-44H2,1-18H3,(H,74,87)(H,75,89)(H,76,90)(H,77,88)(H,78,91)/t48-,49+,50-,53+,54+,55+,56+,57+,58+,61+,62+/m1/s1. The SMILES string of the molecule is CCCCCN1CC(=O)N[C@@H]([C@@H](C)O)C(=O)N(C)[C@@H](C)C(=O)N(C)[C@@H](CC(C)C)C(=O)N[C@@H](COC(C)(C)C)C(=O)N(C)[C@@H](Cc2ccccc2)C(=O)N(C)[C@@H](CC(C)C)C(=O)N[C@H](C(=O)N2CCCCC2)CC(=O)N[C@H](C)C(=O)N(C)[C@@H](Cc2ccccc2)C(=O)N[C@@H](C(C)C)C1=O. The number of benzene rings is 2. The lowest BCUT2D eigenvalue weighted by molar-refractivity contribution is -0.152. The number of amides is 12. The second-order valence-corrected chi connectivity index (χ2v) is 29.0. The fraction of sp³-hybridized carbons (Fsp3) is 0.671. The van der Waals surface area contributed by atoms with Crippen LogP contribution in [-0.4, -0.2) is 250 Å². The molecule has 0 radical (unpaired) electrons. The van der Waals surface area contributed by atoms with Gasteiger partial charge in [-0.1, -0.05) is 122 Å². The van der Waals surface area contributed by atoms with Crippen molar-refractivity contribution in [3.8, 4) is 0 Å². The topological polar surface area (TPSA) is 317 Å². The Morgan fingerprint density at radius 3 is 1.55 bits per heavy atom. The first kappa shape index (κ1) is 83.4. The molecule has 0 aromatic heterocycles. The van der Waals surface area contributed by atoms with Gasteiger partial charge in [-0.2, -0.15) is 0 Å². The first-order valence-corrected chi connectivity index (χ1v) is 35.2. The van der Waals surface area contributed by atoms with Crippen molar-refractivity contribution in [3.63, 3.8) is 0 Å². The summed E-state index contributed by atoms with van der Waals surface area (Å²) in [6.45, 7) is 21.8. The maximum absolute atomic E-state index is 15.5. The summed E-state index contributed by atoms with van der Waals surface area (Å²) in [6, 6.07) is 3.93. The van der Waals surface area contributed by atoms with Gasteiger partial charge in [0.25, 0.3) is 0 Å². The van der Waals surface area contributed by atoms with E-state index >= 15 is 19.2 Å². The van der Waals surface area contributed by atoms with Crippen LogP contribution in [-0.2, 0) is 75.1 Å². The molecular weight excluding hydrogens is 1270 g/mol. The monoisotopic (exact) mass is 1380 g/mol. The minimum absolute atomic E-state index is 0.0474. The molecule has 0 saturated carbocycles. The normalized spacial score (nSPS) is 25.2. The van der Waals surface area contributed by atoms with Crippen LogP contribution in [0.4, 0.5) is 0 Å². The number of aliphatic hydroxyl groups is 1. The summed E-state index contributed by atoms with van der Waals surface area (Å²) in [5.74, 6) is -9.99. The van der Waals surface area contributed by atoms with Gasteiger partial charge < -0.3 is 70.7 Å². The second kappa shape index (κ2) is 39.1. The number of nitrogens with one attached hydrogen (secondary N) is 5. The quantitative estimate of drug-likeness (QED) is 0.124. The number of nitrogens with zero attached hydrogens (tertiary/aromatic N) is 7. The number of ether oxygens (including phenoxy) is 1. The van der Waals surface area contributed by atoms with Gasteiger partial charge >= 0.3 is 0 Å². The highest BCUT2D eigenvalue weighted by molar-refractivity contribution is 6.00. The number of piperidine rings is 1. The Morgan fingerprint density at radius 2 is 1.04 bits per heavy atom. The van der Waals surface area contributed by atoms with Crippen LogP contribution in [0.5, 0.6) is 0 Å². The molecule has 99 heavy (non-hydrogen) atoms. The lowest BCUT2D eigenvalue weighted by Crippen LogP contribution is -2.62. The number of aliphatic hydroxyl groups excluding tert-OH is 1. The first-order valence-electron chi connectivity index (χ1n) is 35.2. The molecule has 0 spiro atoms. The molecule has 0 aliphatic carbocycles. The summed E-state index contributed by atoms with van der Waals surface area (Å²) in [7, 11) is 6.91. The van der Waals surface area contributed by atoms with Crippen molar-refractivity contribution in [2.75, 3.05) is 68.0 Å². The second-order valence-electron chi connectivity index (χ2n) is 29.0. The van der Waals surface area contributed by atoms with Crippen LogP contribution in [0, 0.1) is 17.8 Å². The predicted octanol–water partition coefficient (Wildman–Crippen LogP) is 3.45. The Morgan fingerprint density at radius 1 is 0.545 bits per heavy atom. The van der Waals surface area contributed by atoms with Crippen molar-refractivity contribution in [1.82, 2.24) is 60.9 Å². The van der Waals surface area contributed by atoms with Gasteiger partial charge in [-0.15, -0.1) is 0 Å². The largest absolute Gasteiger partial charge is 0.391 e. The maximum atomic E-state index is 15.5. The molecule has 552 valence electrons. The molecule has 2 aliphatic heterocycles. The molecule has 0 bridgehead atoms. The number of carbonyl (C=O) groups is 12. The summed E-state index contributed by atoms with van der Waals surface area (Å²) >= 11 is 0. The molecule has 26 nitrogen and oxygen atoms in total. The van der Waals surface area contributed by atoms with E-state index in [1.165, 1.54) is 80.5 Å². The Bertz CT molecular complexity index is 3050. The number of hydrogen-bond donors (Lipinski definition) is 6. The van der Waals surface area contributed by atoms with Gasteiger partial charge in [0.1, 0.15) is 60.4 Å². The van der Waals surface area contributed by atoms with Gasteiger partial charge in [0.15, 0.2) is 0 Å². The van der Waals surface area contributed by atoms with E-state index in [1.54, 1.807) is 100 Å². The third kappa shape index (κ3) is 25.0. The minimum Gasteiger partial charge on any atom is -0.391 e. The average Bonchev–Trinajstić information content (AvgIpc) is 0.822. The zero-order valence-corrected chi connectivity index (χ0v) is 62.1. The molecule has 6 N–H and O–H groups in total. The lowest BCUT2D eigenvalue weighted by Gasteiger charge is -2.38. The smallest absolute Gasteiger partial charge is 0.248 e. The summed E-state index contributed by atoms with van der Waals surface area (Å²) in [4.78, 5) is 187. The Hall–Kier alpha value is -8.00. The number of unbranched alkanes of at least 4 members (excludes halogenated alkanes) is 2. The van der Waals surface area contributed by atoms with Gasteiger partial charge in [0, 0.05) is 67.7 Å². The number of carbonyl (C=O) groups excluding carboxylic acids is 12. The number of hydrogen-bond acceptors (Lipinski definition) is 14. The van der Waals surface area contributed by atoms with Gasteiger partial charge in [0.05, 0.1) is 31.3 Å². The maximum Gasteiger partial charge on any atom is 0.248 e. The van der Waals surface area contributed by atoms with E-state index in [1.807, 2.05) is 34.6 Å². The molecule has 12 amide bonds. The molecule has 26 heteroatoms. The zero-order chi connectivity index (χ0) is 74.3. The highest BCUT2D eigenvalue weighted by atomic mass is 16.5. The van der Waals surface area contributed by atoms with Crippen molar-refractivity contribution in [3.05, 3.63) is 71.8 Å². The molecule has 0 unspecified atom stereocenters. The van der Waals surface area contributed by atoms with Crippen LogP contribution in [0.15, 0.2) is 60.7 Å². The van der Waals surface area contributed by atoms with E-state index in [0.717, 1.165) is 17.7 Å². The predicted molar refractivity (Wildman–Crippen MR) is 376 cm³/mol. The summed E-state index contributed by atoms with van der Waals surface area (Å²) in [6.07, 6.45) is 1.86. The van der Waals surface area contributed by atoms with Crippen molar-refractivity contribution in [2.45, 2.75) is 233 Å². The van der Waals surface area contributed by atoms with Crippen LogP contribution in [0.2, 0.25) is 0 Å². The number of rotatable bonds is 17. The van der Waals surface area contributed by atoms with Crippen molar-refractivity contribution < 1.29 is 67.4 Å². The fourth-order valence-electron chi connectivity index (χ4n) is 12.2. The zero-order valence-electron chi connectivity index (χ0n) is 62.1. The van der Waals surface area contributed by atoms with Gasteiger partial charge in [-0.3, -0.25) is 57.5 Å². The lowest BCUT2D eigenvalue weighted by atomic mass is 9.98. The molecule has 11 atom stereocenters. The minimum atomic E-state index is -1.65. The molecule has 2 aromatic rings. The van der Waals surface area contributed by atoms with E-state index in [2.05, 4.69) is 26.6 Å². The van der Waals surface area contributed by atoms with E-state index in [9.17, 15) is 43.5 Å². The van der Waals surface area contributed by atoms with E-state index < -0.39 is 168 Å². The molecule has 2 fully saturated rings. The van der Waals surface area contributed by atoms with Gasteiger partial charge in [-0.25, -0.2) is 0 Å². The molecule has 2 aromatic carbocycles. The molecular formula is C73H116N12O14. The van der Waals surface area contributed by atoms with Crippen LogP contribution >= 0.6 is 0 Å². The summed E-state index contributed by atoms with van der Waals surface area (Å²) in [5.41, 5.74) is 0.425.